The molecular weight excluding hydrogens is 210 g/mol. The maximum atomic E-state index is 11.7. The Kier molecular flexibility index (Phi) is 2.60. The predicted octanol–water partition coefficient (Wildman–Crippen LogP) is 2.12. The summed E-state index contributed by atoms with van der Waals surface area (Å²) in [6.07, 6.45) is 2.01. The highest BCUT2D eigenvalue weighted by atomic mass is 16.6. The number of nitro groups is 1. The number of hydrogen-bond acceptors (Lipinski definition) is 4. The van der Waals surface area contributed by atoms with Crippen molar-refractivity contribution < 1.29 is 14.5 Å². The summed E-state index contributed by atoms with van der Waals surface area (Å²) in [6, 6.07) is 3.04. The van der Waals surface area contributed by atoms with Gasteiger partial charge in [-0.3, -0.25) is 14.9 Å². The molecule has 1 aromatic carbocycles. The maximum Gasteiger partial charge on any atom is 0.311 e. The largest absolute Gasteiger partial charge is 0.490 e. The van der Waals surface area contributed by atoms with Gasteiger partial charge in [0.15, 0.2) is 5.78 Å². The zero-order chi connectivity index (χ0) is 11.7. The van der Waals surface area contributed by atoms with Crippen molar-refractivity contribution in [3.05, 3.63) is 33.4 Å². The molecule has 0 aliphatic heterocycles. The Morgan fingerprint density at radius 1 is 1.38 bits per heavy atom. The lowest BCUT2D eigenvalue weighted by Gasteiger charge is -2.17. The first-order valence-electron chi connectivity index (χ1n) is 5.02. The van der Waals surface area contributed by atoms with Crippen LogP contribution in [0, 0.1) is 10.1 Å². The number of ketones is 1. The van der Waals surface area contributed by atoms with Gasteiger partial charge in [-0.05, 0) is 18.4 Å². The van der Waals surface area contributed by atoms with Crippen molar-refractivity contribution in [1.82, 2.24) is 0 Å². The third-order valence-electron chi connectivity index (χ3n) is 2.75. The van der Waals surface area contributed by atoms with Crippen molar-refractivity contribution in [2.75, 3.05) is 7.11 Å². The smallest absolute Gasteiger partial charge is 0.311 e. The summed E-state index contributed by atoms with van der Waals surface area (Å²) >= 11 is 0. The highest BCUT2D eigenvalue weighted by Gasteiger charge is 2.28. The number of ether oxygens (including phenoxy) is 1. The topological polar surface area (TPSA) is 69.4 Å². The molecule has 0 atom stereocenters. The molecule has 84 valence electrons. The summed E-state index contributed by atoms with van der Waals surface area (Å²) in [4.78, 5) is 22.0. The average Bonchev–Trinajstić information content (AvgIpc) is 2.27. The van der Waals surface area contributed by atoms with E-state index in [-0.39, 0.29) is 17.2 Å². The van der Waals surface area contributed by atoms with E-state index in [0.29, 0.717) is 12.0 Å². The molecule has 0 saturated heterocycles. The maximum absolute atomic E-state index is 11.7. The Bertz CT molecular complexity index is 467. The number of methoxy groups -OCH3 is 1. The zero-order valence-electron chi connectivity index (χ0n) is 8.86. The van der Waals surface area contributed by atoms with E-state index in [0.717, 1.165) is 18.4 Å². The molecule has 1 aliphatic carbocycles. The van der Waals surface area contributed by atoms with Gasteiger partial charge < -0.3 is 4.74 Å². The van der Waals surface area contributed by atoms with Crippen LogP contribution < -0.4 is 4.74 Å². The molecule has 0 bridgehead atoms. The lowest BCUT2D eigenvalue weighted by atomic mass is 9.89. The normalized spacial score (nSPS) is 14.4. The van der Waals surface area contributed by atoms with Gasteiger partial charge in [0, 0.05) is 12.5 Å². The van der Waals surface area contributed by atoms with E-state index in [4.69, 9.17) is 4.74 Å². The molecule has 2 rings (SSSR count). The molecule has 5 nitrogen and oxygen atoms in total. The molecule has 0 amide bonds. The van der Waals surface area contributed by atoms with Crippen LogP contribution in [-0.4, -0.2) is 17.8 Å². The Labute approximate surface area is 92.2 Å². The second-order valence-electron chi connectivity index (χ2n) is 3.69. The molecule has 0 aromatic heterocycles. The molecule has 0 saturated carbocycles. The van der Waals surface area contributed by atoms with Crippen molar-refractivity contribution >= 4 is 11.5 Å². The molecule has 0 unspecified atom stereocenters. The number of aryl methyl sites for hydroxylation is 1. The summed E-state index contributed by atoms with van der Waals surface area (Å²) in [5.74, 6) is 0.0361. The molecule has 1 aliphatic rings. The van der Waals surface area contributed by atoms with Gasteiger partial charge in [-0.1, -0.05) is 6.07 Å². The standard InChI is InChI=1S/C11H11NO4/c1-16-11-8(12(14)15)6-5-7-3-2-4-9(13)10(7)11/h5-6H,2-4H2,1H3. The number of carbonyl (C=O) groups excluding carboxylic acids is 1. The van der Waals surface area contributed by atoms with Crippen LogP contribution in [0.4, 0.5) is 5.69 Å². The quantitative estimate of drug-likeness (QED) is 0.566. The van der Waals surface area contributed by atoms with Crippen molar-refractivity contribution in [3.63, 3.8) is 0 Å². The molecule has 5 heteroatoms. The second kappa shape index (κ2) is 3.92. The van der Waals surface area contributed by atoms with Gasteiger partial charge in [0.05, 0.1) is 17.6 Å². The number of carbonyl (C=O) groups is 1. The molecule has 0 N–H and O–H groups in total. The monoisotopic (exact) mass is 221 g/mol. The van der Waals surface area contributed by atoms with E-state index >= 15 is 0 Å². The molecule has 0 spiro atoms. The fourth-order valence-electron chi connectivity index (χ4n) is 2.04. The predicted molar refractivity (Wildman–Crippen MR) is 56.9 cm³/mol. The third kappa shape index (κ3) is 1.54. The van der Waals surface area contributed by atoms with Crippen molar-refractivity contribution in [1.29, 1.82) is 0 Å². The summed E-state index contributed by atoms with van der Waals surface area (Å²) in [7, 11) is 1.35. The second-order valence-corrected chi connectivity index (χ2v) is 3.69. The summed E-state index contributed by atoms with van der Waals surface area (Å²) < 4.78 is 5.01. The van der Waals surface area contributed by atoms with Gasteiger partial charge in [-0.25, -0.2) is 0 Å². The van der Waals surface area contributed by atoms with Crippen LogP contribution in [0.2, 0.25) is 0 Å². The van der Waals surface area contributed by atoms with E-state index in [2.05, 4.69) is 0 Å². The third-order valence-corrected chi connectivity index (χ3v) is 2.75. The van der Waals surface area contributed by atoms with Gasteiger partial charge in [-0.15, -0.1) is 0 Å². The van der Waals surface area contributed by atoms with E-state index in [1.807, 2.05) is 0 Å². The first kappa shape index (κ1) is 10.6. The van der Waals surface area contributed by atoms with Crippen LogP contribution >= 0.6 is 0 Å². The van der Waals surface area contributed by atoms with Gasteiger partial charge in [0.2, 0.25) is 5.75 Å². The minimum atomic E-state index is -0.527. The van der Waals surface area contributed by atoms with Crippen LogP contribution in [0.5, 0.6) is 5.75 Å². The fourth-order valence-corrected chi connectivity index (χ4v) is 2.04. The van der Waals surface area contributed by atoms with Crippen LogP contribution in [0.15, 0.2) is 12.1 Å². The Morgan fingerprint density at radius 2 is 2.12 bits per heavy atom. The Morgan fingerprint density at radius 3 is 2.75 bits per heavy atom. The molecule has 1 aromatic rings. The van der Waals surface area contributed by atoms with Gasteiger partial charge in [0.25, 0.3) is 0 Å². The van der Waals surface area contributed by atoms with Crippen molar-refractivity contribution in [2.24, 2.45) is 0 Å². The number of fused-ring (bicyclic) bond motifs is 1. The summed E-state index contributed by atoms with van der Waals surface area (Å²) in [5.41, 5.74) is 1.10. The van der Waals surface area contributed by atoms with E-state index in [9.17, 15) is 14.9 Å². The van der Waals surface area contributed by atoms with E-state index < -0.39 is 4.92 Å². The highest BCUT2D eigenvalue weighted by molar-refractivity contribution is 6.02. The molecule has 16 heavy (non-hydrogen) atoms. The first-order chi connectivity index (χ1) is 7.65. The van der Waals surface area contributed by atoms with Crippen LogP contribution in [0.25, 0.3) is 0 Å². The number of Topliss-reactive ketones (excluding diaryl/α,β-unsaturated/α-hetero) is 1. The number of nitro benzene ring substituents is 1. The summed E-state index contributed by atoms with van der Waals surface area (Å²) in [6.45, 7) is 0. The molecular formula is C11H11NO4. The zero-order valence-corrected chi connectivity index (χ0v) is 8.86. The number of hydrogen-bond donors (Lipinski definition) is 0. The Hall–Kier alpha value is -1.91. The number of nitrogens with zero attached hydrogens (tertiary/aromatic N) is 1. The average molecular weight is 221 g/mol. The first-order valence-corrected chi connectivity index (χ1v) is 5.02. The van der Waals surface area contributed by atoms with Crippen LogP contribution in [-0.2, 0) is 6.42 Å². The minimum Gasteiger partial charge on any atom is -0.490 e. The van der Waals surface area contributed by atoms with Gasteiger partial charge in [-0.2, -0.15) is 0 Å². The molecule has 0 radical (unpaired) electrons. The summed E-state index contributed by atoms with van der Waals surface area (Å²) in [5, 5.41) is 10.8. The van der Waals surface area contributed by atoms with E-state index in [1.165, 1.54) is 13.2 Å². The van der Waals surface area contributed by atoms with Crippen molar-refractivity contribution in [3.8, 4) is 5.75 Å². The van der Waals surface area contributed by atoms with Crippen LogP contribution in [0.1, 0.15) is 28.8 Å². The lowest BCUT2D eigenvalue weighted by Crippen LogP contribution is -2.13. The van der Waals surface area contributed by atoms with Crippen LogP contribution in [0.3, 0.4) is 0 Å². The lowest BCUT2D eigenvalue weighted by molar-refractivity contribution is -0.385. The highest BCUT2D eigenvalue weighted by Crippen LogP contribution is 2.36. The SMILES string of the molecule is COc1c([N+](=O)[O-])ccc2c1C(=O)CCC2. The van der Waals surface area contributed by atoms with Crippen molar-refractivity contribution in [2.45, 2.75) is 19.3 Å². The minimum absolute atomic E-state index is 0.0678. The Balaban J connectivity index is 2.67. The van der Waals surface area contributed by atoms with Gasteiger partial charge >= 0.3 is 5.69 Å². The van der Waals surface area contributed by atoms with Gasteiger partial charge in [0.1, 0.15) is 0 Å². The van der Waals surface area contributed by atoms with E-state index in [1.54, 1.807) is 6.07 Å². The molecule has 0 fully saturated rings. The fraction of sp³-hybridized carbons (Fsp3) is 0.364. The molecule has 0 heterocycles. The number of rotatable bonds is 2. The number of benzene rings is 1.